The summed E-state index contributed by atoms with van der Waals surface area (Å²) in [5.74, 6) is -1.19. The molecule has 0 fully saturated rings. The van der Waals surface area contributed by atoms with E-state index in [1.807, 2.05) is 6.92 Å². The van der Waals surface area contributed by atoms with Crippen molar-refractivity contribution in [2.75, 3.05) is 19.7 Å². The highest BCUT2D eigenvalue weighted by molar-refractivity contribution is 7.91. The number of ether oxygens (including phenoxy) is 1. The minimum Gasteiger partial charge on any atom is -0.478 e. The van der Waals surface area contributed by atoms with E-state index in [1.54, 1.807) is 6.92 Å². The zero-order valence-electron chi connectivity index (χ0n) is 13.2. The third-order valence-corrected chi connectivity index (χ3v) is 6.69. The highest BCUT2D eigenvalue weighted by Crippen LogP contribution is 2.34. The highest BCUT2D eigenvalue weighted by Gasteiger charge is 2.31. The largest absolute Gasteiger partial charge is 0.478 e. The number of hydrogen-bond acceptors (Lipinski definition) is 6. The summed E-state index contributed by atoms with van der Waals surface area (Å²) in [7, 11) is -3.87. The van der Waals surface area contributed by atoms with Gasteiger partial charge in [-0.05, 0) is 31.9 Å². The molecule has 0 amide bonds. The first-order valence-corrected chi connectivity index (χ1v) is 9.86. The van der Waals surface area contributed by atoms with Crippen molar-refractivity contribution in [2.45, 2.75) is 43.5 Å². The Kier molecular flexibility index (Phi) is 6.15. The molecule has 2 heterocycles. The number of nitrogens with one attached hydrogen (secondary N) is 2. The molecular formula is C14H22N2O5S2. The predicted molar refractivity (Wildman–Crippen MR) is 87.6 cm³/mol. The van der Waals surface area contributed by atoms with Crippen molar-refractivity contribution < 1.29 is 23.1 Å². The first-order chi connectivity index (χ1) is 10.9. The molecule has 0 saturated heterocycles. The molecule has 0 aromatic carbocycles. The monoisotopic (exact) mass is 362 g/mol. The van der Waals surface area contributed by atoms with Crippen molar-refractivity contribution in [3.8, 4) is 0 Å². The minimum atomic E-state index is -3.87. The van der Waals surface area contributed by atoms with Crippen LogP contribution in [0.2, 0.25) is 0 Å². The molecule has 1 aromatic heterocycles. The third kappa shape index (κ3) is 4.30. The van der Waals surface area contributed by atoms with Crippen LogP contribution in [-0.4, -0.2) is 45.3 Å². The standard InChI is InChI=1S/C14H22N2O5S2/c1-3-6-21-9(2)7-16-23(19,20)14-12(13(17)18)10-4-5-15-8-11(10)22-14/h9,15-16H,3-8H2,1-2H3,(H,17,18)/t9-/m1/s1. The maximum atomic E-state index is 12.5. The molecule has 0 aliphatic carbocycles. The van der Waals surface area contributed by atoms with Crippen molar-refractivity contribution in [3.05, 3.63) is 16.0 Å². The summed E-state index contributed by atoms with van der Waals surface area (Å²) in [5.41, 5.74) is 0.554. The summed E-state index contributed by atoms with van der Waals surface area (Å²) in [6.45, 7) is 5.58. The van der Waals surface area contributed by atoms with Gasteiger partial charge in [-0.3, -0.25) is 0 Å². The van der Waals surface area contributed by atoms with Gasteiger partial charge in [-0.2, -0.15) is 0 Å². The molecule has 0 unspecified atom stereocenters. The molecule has 1 aromatic rings. The molecule has 2 rings (SSSR count). The van der Waals surface area contributed by atoms with Crippen LogP contribution >= 0.6 is 11.3 Å². The second kappa shape index (κ2) is 7.71. The van der Waals surface area contributed by atoms with Crippen LogP contribution in [0.15, 0.2) is 4.21 Å². The SMILES string of the molecule is CCCO[C@H](C)CNS(=O)(=O)c1sc2c(c1C(=O)O)CCNC2. The van der Waals surface area contributed by atoms with Gasteiger partial charge in [-0.15, -0.1) is 11.3 Å². The van der Waals surface area contributed by atoms with Crippen LogP contribution < -0.4 is 10.0 Å². The molecule has 0 bridgehead atoms. The fourth-order valence-corrected chi connectivity index (χ4v) is 5.41. The van der Waals surface area contributed by atoms with Crippen LogP contribution in [0.4, 0.5) is 0 Å². The van der Waals surface area contributed by atoms with E-state index in [-0.39, 0.29) is 22.4 Å². The van der Waals surface area contributed by atoms with Crippen molar-refractivity contribution in [1.82, 2.24) is 10.0 Å². The smallest absolute Gasteiger partial charge is 0.338 e. The summed E-state index contributed by atoms with van der Waals surface area (Å²) in [6.07, 6.45) is 1.11. The Hall–Kier alpha value is -1.00. The number of carboxylic acids is 1. The normalized spacial score (nSPS) is 16.1. The summed E-state index contributed by atoms with van der Waals surface area (Å²) >= 11 is 1.03. The average molecular weight is 362 g/mol. The second-order valence-electron chi connectivity index (χ2n) is 5.43. The van der Waals surface area contributed by atoms with E-state index in [9.17, 15) is 18.3 Å². The second-order valence-corrected chi connectivity index (χ2v) is 8.50. The van der Waals surface area contributed by atoms with E-state index < -0.39 is 16.0 Å². The number of carboxylic acid groups (broad SMARTS) is 1. The van der Waals surface area contributed by atoms with Crippen LogP contribution in [-0.2, 0) is 27.7 Å². The van der Waals surface area contributed by atoms with E-state index in [0.717, 1.165) is 22.6 Å². The third-order valence-electron chi connectivity index (χ3n) is 3.52. The molecule has 7 nitrogen and oxygen atoms in total. The van der Waals surface area contributed by atoms with Crippen LogP contribution in [0.1, 0.15) is 41.1 Å². The molecule has 130 valence electrons. The number of aromatic carboxylic acids is 1. The van der Waals surface area contributed by atoms with Crippen molar-refractivity contribution in [3.63, 3.8) is 0 Å². The Morgan fingerprint density at radius 1 is 1.52 bits per heavy atom. The van der Waals surface area contributed by atoms with Gasteiger partial charge in [-0.25, -0.2) is 17.9 Å². The molecule has 0 saturated carbocycles. The number of hydrogen-bond donors (Lipinski definition) is 3. The maximum Gasteiger partial charge on any atom is 0.338 e. The molecule has 1 aliphatic rings. The zero-order valence-corrected chi connectivity index (χ0v) is 14.8. The van der Waals surface area contributed by atoms with E-state index in [1.165, 1.54) is 0 Å². The molecular weight excluding hydrogens is 340 g/mol. The van der Waals surface area contributed by atoms with E-state index in [4.69, 9.17) is 4.74 Å². The maximum absolute atomic E-state index is 12.5. The number of carbonyl (C=O) groups is 1. The van der Waals surface area contributed by atoms with Gasteiger partial charge < -0.3 is 15.2 Å². The van der Waals surface area contributed by atoms with Crippen LogP contribution in [0.3, 0.4) is 0 Å². The van der Waals surface area contributed by atoms with Gasteiger partial charge in [0.05, 0.1) is 11.7 Å². The summed E-state index contributed by atoms with van der Waals surface area (Å²) in [6, 6.07) is 0. The number of thiophene rings is 1. The fraction of sp³-hybridized carbons (Fsp3) is 0.643. The summed E-state index contributed by atoms with van der Waals surface area (Å²) in [4.78, 5) is 12.3. The number of fused-ring (bicyclic) bond motifs is 1. The molecule has 0 radical (unpaired) electrons. The Bertz CT molecular complexity index is 669. The Balaban J connectivity index is 2.22. The van der Waals surface area contributed by atoms with Crippen molar-refractivity contribution in [1.29, 1.82) is 0 Å². The number of sulfonamides is 1. The first-order valence-electron chi connectivity index (χ1n) is 7.56. The molecule has 0 spiro atoms. The predicted octanol–water partition coefficient (Wildman–Crippen LogP) is 1.19. The van der Waals surface area contributed by atoms with E-state index >= 15 is 0 Å². The molecule has 3 N–H and O–H groups in total. The fourth-order valence-electron chi connectivity index (χ4n) is 2.39. The molecule has 1 aliphatic heterocycles. The van der Waals surface area contributed by atoms with Crippen LogP contribution in [0, 0.1) is 0 Å². The van der Waals surface area contributed by atoms with Gasteiger partial charge in [0.1, 0.15) is 4.21 Å². The topological polar surface area (TPSA) is 105 Å². The van der Waals surface area contributed by atoms with Gasteiger partial charge in [0.25, 0.3) is 10.0 Å². The quantitative estimate of drug-likeness (QED) is 0.641. The minimum absolute atomic E-state index is 0.0823. The molecule has 23 heavy (non-hydrogen) atoms. The van der Waals surface area contributed by atoms with Gasteiger partial charge in [0.2, 0.25) is 0 Å². The van der Waals surface area contributed by atoms with Gasteiger partial charge in [0, 0.05) is 24.6 Å². The van der Waals surface area contributed by atoms with Crippen LogP contribution in [0.25, 0.3) is 0 Å². The van der Waals surface area contributed by atoms with Gasteiger partial charge >= 0.3 is 5.97 Å². The number of rotatable bonds is 8. The first kappa shape index (κ1) is 18.3. The molecule has 9 heteroatoms. The highest BCUT2D eigenvalue weighted by atomic mass is 32.2. The van der Waals surface area contributed by atoms with E-state index in [0.29, 0.717) is 31.7 Å². The van der Waals surface area contributed by atoms with Crippen molar-refractivity contribution in [2.24, 2.45) is 0 Å². The molecule has 1 atom stereocenters. The lowest BCUT2D eigenvalue weighted by Crippen LogP contribution is -2.32. The lowest BCUT2D eigenvalue weighted by atomic mass is 10.1. The van der Waals surface area contributed by atoms with Crippen LogP contribution in [0.5, 0.6) is 0 Å². The van der Waals surface area contributed by atoms with Gasteiger partial charge in [-0.1, -0.05) is 6.92 Å². The summed E-state index contributed by atoms with van der Waals surface area (Å²) in [5, 5.41) is 12.6. The average Bonchev–Trinajstić information content (AvgIpc) is 2.91. The van der Waals surface area contributed by atoms with E-state index in [2.05, 4.69) is 10.0 Å². The Morgan fingerprint density at radius 3 is 2.91 bits per heavy atom. The Labute approximate surface area is 140 Å². The van der Waals surface area contributed by atoms with Gasteiger partial charge in [0.15, 0.2) is 0 Å². The van der Waals surface area contributed by atoms with Crippen molar-refractivity contribution >= 4 is 27.3 Å². The lowest BCUT2D eigenvalue weighted by Gasteiger charge is -2.14. The zero-order chi connectivity index (χ0) is 17.0. The summed E-state index contributed by atoms with van der Waals surface area (Å²) < 4.78 is 32.8. The Morgan fingerprint density at radius 2 is 2.26 bits per heavy atom. The lowest BCUT2D eigenvalue weighted by molar-refractivity contribution is 0.0692.